The van der Waals surface area contributed by atoms with E-state index in [9.17, 15) is 0 Å². The molecule has 2 aliphatic rings. The van der Waals surface area contributed by atoms with Crippen molar-refractivity contribution in [2.24, 2.45) is 11.8 Å². The van der Waals surface area contributed by atoms with Crippen molar-refractivity contribution in [1.82, 2.24) is 19.4 Å². The van der Waals surface area contributed by atoms with Gasteiger partial charge in [-0.05, 0) is 18.8 Å². The number of thiazole rings is 1. The zero-order valence-electron chi connectivity index (χ0n) is 12.7. The van der Waals surface area contributed by atoms with Gasteiger partial charge in [-0.3, -0.25) is 4.90 Å². The topological polar surface area (TPSA) is 43.2 Å². The Morgan fingerprint density at radius 1 is 1.14 bits per heavy atom. The first-order valence-corrected chi connectivity index (χ1v) is 8.93. The fourth-order valence-corrected chi connectivity index (χ4v) is 3.72. The standard InChI is InChI=1S/C16H22N4OS/c1-2-13(1)11-21-12-14-7-19(10-16-18-4-6-22-16)9-15-17-3-5-20(15)8-14/h3-6,13-14H,1-2,7-12H2/t14-/m1/s1. The minimum Gasteiger partial charge on any atom is -0.381 e. The highest BCUT2D eigenvalue weighted by Crippen LogP contribution is 2.29. The lowest BCUT2D eigenvalue weighted by molar-refractivity contribution is 0.0705. The van der Waals surface area contributed by atoms with Gasteiger partial charge in [-0.2, -0.15) is 0 Å². The molecule has 0 amide bonds. The summed E-state index contributed by atoms with van der Waals surface area (Å²) in [6, 6.07) is 0. The van der Waals surface area contributed by atoms with E-state index >= 15 is 0 Å². The van der Waals surface area contributed by atoms with Gasteiger partial charge < -0.3 is 9.30 Å². The van der Waals surface area contributed by atoms with Gasteiger partial charge >= 0.3 is 0 Å². The van der Waals surface area contributed by atoms with Gasteiger partial charge in [-0.1, -0.05) is 0 Å². The second-order valence-corrected chi connectivity index (χ2v) is 7.42. The van der Waals surface area contributed by atoms with Crippen LogP contribution in [0.5, 0.6) is 0 Å². The van der Waals surface area contributed by atoms with E-state index in [0.717, 1.165) is 51.1 Å². The molecule has 0 bridgehead atoms. The van der Waals surface area contributed by atoms with Crippen LogP contribution in [0.3, 0.4) is 0 Å². The summed E-state index contributed by atoms with van der Waals surface area (Å²) in [5, 5.41) is 3.22. The third kappa shape index (κ3) is 3.56. The van der Waals surface area contributed by atoms with Crippen LogP contribution in [0.2, 0.25) is 0 Å². The number of aromatic nitrogens is 3. The Bertz CT molecular complexity index is 593. The fourth-order valence-electron chi connectivity index (χ4n) is 3.06. The highest BCUT2D eigenvalue weighted by Gasteiger charge is 2.25. The van der Waals surface area contributed by atoms with Gasteiger partial charge in [0.05, 0.1) is 19.7 Å². The van der Waals surface area contributed by atoms with E-state index < -0.39 is 0 Å². The van der Waals surface area contributed by atoms with Crippen LogP contribution >= 0.6 is 11.3 Å². The number of hydrogen-bond donors (Lipinski definition) is 0. The third-order valence-electron chi connectivity index (χ3n) is 4.38. The van der Waals surface area contributed by atoms with Crippen LogP contribution in [0.1, 0.15) is 23.7 Å². The highest BCUT2D eigenvalue weighted by atomic mass is 32.1. The minimum atomic E-state index is 0.522. The predicted molar refractivity (Wildman–Crippen MR) is 85.5 cm³/mol. The molecule has 3 heterocycles. The maximum atomic E-state index is 5.95. The van der Waals surface area contributed by atoms with Crippen LogP contribution in [0, 0.1) is 11.8 Å². The molecule has 1 saturated carbocycles. The average Bonchev–Trinajstić information content (AvgIpc) is 3.06. The van der Waals surface area contributed by atoms with Crippen LogP contribution in [0.25, 0.3) is 0 Å². The van der Waals surface area contributed by atoms with E-state index in [1.165, 1.54) is 17.8 Å². The van der Waals surface area contributed by atoms with Gasteiger partial charge in [-0.25, -0.2) is 9.97 Å². The Hall–Kier alpha value is -1.24. The van der Waals surface area contributed by atoms with Crippen LogP contribution in [-0.4, -0.2) is 39.2 Å². The average molecular weight is 318 g/mol. The lowest BCUT2D eigenvalue weighted by Gasteiger charge is -2.22. The van der Waals surface area contributed by atoms with Crippen LogP contribution < -0.4 is 0 Å². The maximum absolute atomic E-state index is 5.95. The molecule has 0 unspecified atom stereocenters. The molecule has 1 aliphatic heterocycles. The number of imidazole rings is 1. The second-order valence-electron chi connectivity index (χ2n) is 6.44. The van der Waals surface area contributed by atoms with Gasteiger partial charge in [0.15, 0.2) is 0 Å². The van der Waals surface area contributed by atoms with Crippen LogP contribution in [0.4, 0.5) is 0 Å². The second kappa shape index (κ2) is 6.48. The van der Waals surface area contributed by atoms with Crippen LogP contribution in [0.15, 0.2) is 24.0 Å². The molecule has 22 heavy (non-hydrogen) atoms. The molecule has 1 aliphatic carbocycles. The molecule has 2 aromatic rings. The number of hydrogen-bond acceptors (Lipinski definition) is 5. The van der Waals surface area contributed by atoms with Crippen molar-refractivity contribution in [3.63, 3.8) is 0 Å². The lowest BCUT2D eigenvalue weighted by atomic mass is 10.1. The molecule has 0 spiro atoms. The van der Waals surface area contributed by atoms with Crippen molar-refractivity contribution < 1.29 is 4.74 Å². The number of fused-ring (bicyclic) bond motifs is 1. The predicted octanol–water partition coefficient (Wildman–Crippen LogP) is 2.40. The Kier molecular flexibility index (Phi) is 4.23. The maximum Gasteiger partial charge on any atom is 0.122 e. The van der Waals surface area contributed by atoms with Gasteiger partial charge in [-0.15, -0.1) is 11.3 Å². The van der Waals surface area contributed by atoms with Crippen molar-refractivity contribution >= 4 is 11.3 Å². The molecule has 6 heteroatoms. The van der Waals surface area contributed by atoms with Crippen molar-refractivity contribution in [3.8, 4) is 0 Å². The van der Waals surface area contributed by atoms with Crippen molar-refractivity contribution in [3.05, 3.63) is 34.8 Å². The molecule has 0 N–H and O–H groups in total. The summed E-state index contributed by atoms with van der Waals surface area (Å²) in [4.78, 5) is 11.4. The van der Waals surface area contributed by atoms with Gasteiger partial charge in [0.1, 0.15) is 10.8 Å². The Balaban J connectivity index is 1.42. The Labute approximate surface area is 134 Å². The van der Waals surface area contributed by atoms with Gasteiger partial charge in [0.2, 0.25) is 0 Å². The number of ether oxygens (including phenoxy) is 1. The van der Waals surface area contributed by atoms with E-state index in [2.05, 4.69) is 25.6 Å². The van der Waals surface area contributed by atoms with E-state index in [1.54, 1.807) is 11.3 Å². The number of nitrogens with zero attached hydrogens (tertiary/aromatic N) is 4. The summed E-state index contributed by atoms with van der Waals surface area (Å²) in [6.07, 6.45) is 8.59. The molecular formula is C16H22N4OS. The molecule has 0 aromatic carbocycles. The molecule has 5 nitrogen and oxygen atoms in total. The summed E-state index contributed by atoms with van der Waals surface area (Å²) < 4.78 is 8.24. The molecule has 1 fully saturated rings. The third-order valence-corrected chi connectivity index (χ3v) is 5.15. The summed E-state index contributed by atoms with van der Waals surface area (Å²) in [7, 11) is 0. The first-order chi connectivity index (χ1) is 10.9. The van der Waals surface area contributed by atoms with Gasteiger partial charge in [0.25, 0.3) is 0 Å². The van der Waals surface area contributed by atoms with Crippen molar-refractivity contribution in [2.75, 3.05) is 19.8 Å². The monoisotopic (exact) mass is 318 g/mol. The van der Waals surface area contributed by atoms with E-state index in [4.69, 9.17) is 4.74 Å². The summed E-state index contributed by atoms with van der Waals surface area (Å²) in [5.41, 5.74) is 0. The molecule has 118 valence electrons. The smallest absolute Gasteiger partial charge is 0.122 e. The van der Waals surface area contributed by atoms with E-state index in [0.29, 0.717) is 5.92 Å². The fraction of sp³-hybridized carbons (Fsp3) is 0.625. The van der Waals surface area contributed by atoms with Crippen LogP contribution in [-0.2, 0) is 24.4 Å². The highest BCUT2D eigenvalue weighted by molar-refractivity contribution is 7.09. The largest absolute Gasteiger partial charge is 0.381 e. The summed E-state index contributed by atoms with van der Waals surface area (Å²) in [5.74, 6) is 2.51. The van der Waals surface area contributed by atoms with E-state index in [-0.39, 0.29) is 0 Å². The molecule has 4 rings (SSSR count). The normalized spacial score (nSPS) is 22.5. The van der Waals surface area contributed by atoms with E-state index in [1.807, 2.05) is 17.8 Å². The first kappa shape index (κ1) is 14.4. The SMILES string of the molecule is c1csc(CN2Cc3nccn3C[C@H](COCC3CC3)C2)n1. The molecule has 0 saturated heterocycles. The summed E-state index contributed by atoms with van der Waals surface area (Å²) >= 11 is 1.73. The van der Waals surface area contributed by atoms with Crippen molar-refractivity contribution in [1.29, 1.82) is 0 Å². The van der Waals surface area contributed by atoms with Crippen molar-refractivity contribution in [2.45, 2.75) is 32.5 Å². The molecule has 0 radical (unpaired) electrons. The quantitative estimate of drug-likeness (QED) is 0.820. The number of rotatable bonds is 6. The Morgan fingerprint density at radius 2 is 2.05 bits per heavy atom. The van der Waals surface area contributed by atoms with Gasteiger partial charge in [0, 0.05) is 49.6 Å². The molecular weight excluding hydrogens is 296 g/mol. The molecule has 2 aromatic heterocycles. The molecule has 1 atom stereocenters. The zero-order valence-corrected chi connectivity index (χ0v) is 13.5. The minimum absolute atomic E-state index is 0.522. The summed E-state index contributed by atoms with van der Waals surface area (Å²) in [6.45, 7) is 5.65. The first-order valence-electron chi connectivity index (χ1n) is 8.05. The zero-order chi connectivity index (χ0) is 14.8. The lowest BCUT2D eigenvalue weighted by Crippen LogP contribution is -2.30. The Morgan fingerprint density at radius 3 is 2.86 bits per heavy atom.